The number of carbonyl (C=O) groups excluding carboxylic acids is 1. The number of para-hydroxylation sites is 1. The van der Waals surface area contributed by atoms with Crippen molar-refractivity contribution in [2.24, 2.45) is 0 Å². The molecule has 0 saturated carbocycles. The summed E-state index contributed by atoms with van der Waals surface area (Å²) in [5.74, 6) is 0.538. The van der Waals surface area contributed by atoms with Crippen LogP contribution in [-0.2, 0) is 6.42 Å². The van der Waals surface area contributed by atoms with Gasteiger partial charge in [0.15, 0.2) is 0 Å². The van der Waals surface area contributed by atoms with Gasteiger partial charge in [-0.1, -0.05) is 31.2 Å². The molecule has 1 amide bonds. The summed E-state index contributed by atoms with van der Waals surface area (Å²) in [6.07, 6.45) is 4.09. The third-order valence-corrected chi connectivity index (χ3v) is 4.28. The smallest absolute Gasteiger partial charge is 0.257 e. The fourth-order valence-electron chi connectivity index (χ4n) is 2.85. The van der Waals surface area contributed by atoms with Crippen LogP contribution in [0.5, 0.6) is 5.75 Å². The van der Waals surface area contributed by atoms with Crippen LogP contribution >= 0.6 is 0 Å². The Hall–Kier alpha value is -3.34. The zero-order valence-electron chi connectivity index (χ0n) is 15.7. The van der Waals surface area contributed by atoms with E-state index in [1.807, 2.05) is 49.4 Å². The molecule has 0 atom stereocenters. The number of rotatable bonds is 6. The summed E-state index contributed by atoms with van der Waals surface area (Å²) in [5.41, 5.74) is 5.05. The minimum atomic E-state index is -0.191. The highest BCUT2D eigenvalue weighted by molar-refractivity contribution is 6.05. The third-order valence-electron chi connectivity index (χ3n) is 4.28. The molecule has 0 spiro atoms. The van der Waals surface area contributed by atoms with E-state index in [9.17, 15) is 4.79 Å². The first-order chi connectivity index (χ1) is 13.1. The number of hydrogen-bond donors (Lipinski definition) is 2. The quantitative estimate of drug-likeness (QED) is 0.651. The Bertz CT molecular complexity index is 954. The van der Waals surface area contributed by atoms with E-state index >= 15 is 0 Å². The molecule has 27 heavy (non-hydrogen) atoms. The zero-order chi connectivity index (χ0) is 19.2. The molecule has 0 aliphatic rings. The van der Waals surface area contributed by atoms with Gasteiger partial charge >= 0.3 is 0 Å². The third kappa shape index (κ3) is 4.44. The highest BCUT2D eigenvalue weighted by atomic mass is 16.5. The Morgan fingerprint density at radius 3 is 2.67 bits per heavy atom. The molecule has 3 aromatic rings. The Morgan fingerprint density at radius 2 is 1.89 bits per heavy atom. The monoisotopic (exact) mass is 361 g/mol. The van der Waals surface area contributed by atoms with Crippen LogP contribution in [0.15, 0.2) is 60.9 Å². The van der Waals surface area contributed by atoms with Crippen LogP contribution in [0.2, 0.25) is 0 Å². The maximum absolute atomic E-state index is 12.7. The summed E-state index contributed by atoms with van der Waals surface area (Å²) in [6, 6.07) is 15.5. The van der Waals surface area contributed by atoms with Gasteiger partial charge in [-0.05, 0) is 48.7 Å². The molecule has 0 radical (unpaired) electrons. The molecule has 0 aliphatic carbocycles. The predicted octanol–water partition coefficient (Wildman–Crippen LogP) is 4.96. The molecule has 3 rings (SSSR count). The minimum absolute atomic E-state index is 0.191. The summed E-state index contributed by atoms with van der Waals surface area (Å²) in [7, 11) is 1.63. The van der Waals surface area contributed by atoms with Crippen LogP contribution in [0.3, 0.4) is 0 Å². The number of benzene rings is 2. The number of methoxy groups -OCH3 is 1. The van der Waals surface area contributed by atoms with E-state index in [1.165, 1.54) is 0 Å². The maximum Gasteiger partial charge on any atom is 0.257 e. The standard InChI is InChI=1S/C22H23N3O2/c1-4-16-7-5-6-8-19(16)25-22(26)17-12-18(14-23-13-17)24-20-11-15(2)9-10-21(20)27-3/h5-14,24H,4H2,1-3H3,(H,25,26). The number of carbonyl (C=O) groups is 1. The van der Waals surface area contributed by atoms with E-state index < -0.39 is 0 Å². The van der Waals surface area contributed by atoms with Gasteiger partial charge in [0.1, 0.15) is 5.75 Å². The summed E-state index contributed by atoms with van der Waals surface area (Å²) in [4.78, 5) is 16.9. The number of amides is 1. The summed E-state index contributed by atoms with van der Waals surface area (Å²) in [5, 5.41) is 6.25. The average Bonchev–Trinajstić information content (AvgIpc) is 2.69. The SMILES string of the molecule is CCc1ccccc1NC(=O)c1cncc(Nc2cc(C)ccc2OC)c1. The van der Waals surface area contributed by atoms with E-state index in [4.69, 9.17) is 4.74 Å². The Labute approximate surface area is 159 Å². The molecule has 2 aromatic carbocycles. The Kier molecular flexibility index (Phi) is 5.71. The van der Waals surface area contributed by atoms with Crippen molar-refractivity contribution < 1.29 is 9.53 Å². The molecule has 5 heteroatoms. The van der Waals surface area contributed by atoms with E-state index in [0.29, 0.717) is 5.56 Å². The second-order valence-electron chi connectivity index (χ2n) is 6.26. The summed E-state index contributed by atoms with van der Waals surface area (Å²) < 4.78 is 5.39. The van der Waals surface area contributed by atoms with Gasteiger partial charge in [0, 0.05) is 11.9 Å². The fraction of sp³-hybridized carbons (Fsp3) is 0.182. The number of hydrogen-bond acceptors (Lipinski definition) is 4. The Morgan fingerprint density at radius 1 is 1.07 bits per heavy atom. The zero-order valence-corrected chi connectivity index (χ0v) is 15.7. The number of aromatic nitrogens is 1. The molecular formula is C22H23N3O2. The highest BCUT2D eigenvalue weighted by Crippen LogP contribution is 2.28. The molecule has 0 aliphatic heterocycles. The van der Waals surface area contributed by atoms with Crippen LogP contribution in [0.1, 0.15) is 28.4 Å². The van der Waals surface area contributed by atoms with Crippen LogP contribution in [0.4, 0.5) is 17.1 Å². The molecule has 0 fully saturated rings. The van der Waals surface area contributed by atoms with Gasteiger partial charge in [-0.2, -0.15) is 0 Å². The second kappa shape index (κ2) is 8.36. The van der Waals surface area contributed by atoms with Crippen molar-refractivity contribution in [2.75, 3.05) is 17.7 Å². The van der Waals surface area contributed by atoms with Crippen LogP contribution in [-0.4, -0.2) is 18.0 Å². The van der Waals surface area contributed by atoms with Crippen LogP contribution in [0.25, 0.3) is 0 Å². The molecule has 1 heterocycles. The molecule has 2 N–H and O–H groups in total. The van der Waals surface area contributed by atoms with Gasteiger partial charge in [0.2, 0.25) is 0 Å². The lowest BCUT2D eigenvalue weighted by atomic mass is 10.1. The lowest BCUT2D eigenvalue weighted by Gasteiger charge is -2.13. The first-order valence-electron chi connectivity index (χ1n) is 8.86. The number of anilines is 3. The number of ether oxygens (including phenoxy) is 1. The van der Waals surface area contributed by atoms with Crippen molar-refractivity contribution in [3.05, 3.63) is 77.6 Å². The maximum atomic E-state index is 12.7. The highest BCUT2D eigenvalue weighted by Gasteiger charge is 2.11. The topological polar surface area (TPSA) is 63.2 Å². The largest absolute Gasteiger partial charge is 0.495 e. The first-order valence-corrected chi connectivity index (χ1v) is 8.86. The van der Waals surface area contributed by atoms with Gasteiger partial charge in [-0.25, -0.2) is 0 Å². The van der Waals surface area contributed by atoms with Crippen molar-refractivity contribution in [3.8, 4) is 5.75 Å². The predicted molar refractivity (Wildman–Crippen MR) is 109 cm³/mol. The van der Waals surface area contributed by atoms with E-state index in [-0.39, 0.29) is 5.91 Å². The van der Waals surface area contributed by atoms with Crippen molar-refractivity contribution in [1.29, 1.82) is 0 Å². The van der Waals surface area contributed by atoms with Crippen molar-refractivity contribution in [1.82, 2.24) is 4.98 Å². The average molecular weight is 361 g/mol. The molecule has 138 valence electrons. The molecule has 0 unspecified atom stereocenters. The van der Waals surface area contributed by atoms with Gasteiger partial charge in [0.25, 0.3) is 5.91 Å². The summed E-state index contributed by atoms with van der Waals surface area (Å²) >= 11 is 0. The minimum Gasteiger partial charge on any atom is -0.495 e. The van der Waals surface area contributed by atoms with Gasteiger partial charge < -0.3 is 15.4 Å². The number of nitrogens with one attached hydrogen (secondary N) is 2. The lowest BCUT2D eigenvalue weighted by Crippen LogP contribution is -2.13. The van der Waals surface area contributed by atoms with E-state index in [0.717, 1.165) is 40.4 Å². The van der Waals surface area contributed by atoms with E-state index in [2.05, 4.69) is 22.5 Å². The van der Waals surface area contributed by atoms with Gasteiger partial charge in [0.05, 0.1) is 30.2 Å². The van der Waals surface area contributed by atoms with Crippen LogP contribution in [0, 0.1) is 6.92 Å². The van der Waals surface area contributed by atoms with Crippen LogP contribution < -0.4 is 15.4 Å². The second-order valence-corrected chi connectivity index (χ2v) is 6.26. The molecule has 5 nitrogen and oxygen atoms in total. The van der Waals surface area contributed by atoms with Crippen molar-refractivity contribution in [2.45, 2.75) is 20.3 Å². The molecule has 0 bridgehead atoms. The number of nitrogens with zero attached hydrogens (tertiary/aromatic N) is 1. The van der Waals surface area contributed by atoms with E-state index in [1.54, 1.807) is 25.6 Å². The first kappa shape index (κ1) is 18.5. The fourth-order valence-corrected chi connectivity index (χ4v) is 2.85. The lowest BCUT2D eigenvalue weighted by molar-refractivity contribution is 0.102. The van der Waals surface area contributed by atoms with Gasteiger partial charge in [-0.15, -0.1) is 0 Å². The molecule has 1 aromatic heterocycles. The van der Waals surface area contributed by atoms with Crippen molar-refractivity contribution >= 4 is 23.0 Å². The molecular weight excluding hydrogens is 338 g/mol. The number of pyridine rings is 1. The van der Waals surface area contributed by atoms with Gasteiger partial charge in [-0.3, -0.25) is 9.78 Å². The summed E-state index contributed by atoms with van der Waals surface area (Å²) in [6.45, 7) is 4.07. The number of aryl methyl sites for hydroxylation is 2. The Balaban J connectivity index is 1.81. The van der Waals surface area contributed by atoms with Crippen molar-refractivity contribution in [3.63, 3.8) is 0 Å². The normalized spacial score (nSPS) is 10.3. The molecule has 0 saturated heterocycles.